The summed E-state index contributed by atoms with van der Waals surface area (Å²) in [4.78, 5) is 37.5. The number of benzene rings is 1. The minimum atomic E-state index is -0.660. The van der Waals surface area contributed by atoms with Crippen molar-refractivity contribution in [3.8, 4) is 16.9 Å². The molecular weight excluding hydrogens is 336 g/mol. The van der Waals surface area contributed by atoms with Crippen LogP contribution >= 0.6 is 11.8 Å². The first kappa shape index (κ1) is 17.4. The van der Waals surface area contributed by atoms with Gasteiger partial charge in [-0.1, -0.05) is 0 Å². The van der Waals surface area contributed by atoms with E-state index < -0.39 is 17.9 Å². The molecule has 0 spiro atoms. The maximum Gasteiger partial charge on any atom is 0.355 e. The lowest BCUT2D eigenvalue weighted by atomic mass is 10.2. The first-order valence-corrected chi connectivity index (χ1v) is 7.39. The molecule has 8 nitrogen and oxygen atoms in total. The summed E-state index contributed by atoms with van der Waals surface area (Å²) in [5, 5.41) is 11.3. The predicted octanol–water partition coefficient (Wildman–Crippen LogP) is 2.38. The third-order valence-corrected chi connectivity index (χ3v) is 3.58. The van der Waals surface area contributed by atoms with Crippen LogP contribution in [0.4, 0.5) is 0 Å². The van der Waals surface area contributed by atoms with E-state index in [9.17, 15) is 14.4 Å². The van der Waals surface area contributed by atoms with Gasteiger partial charge < -0.3 is 19.2 Å². The molecule has 0 amide bonds. The monoisotopic (exact) mass is 348 g/mol. The van der Waals surface area contributed by atoms with Crippen molar-refractivity contribution in [3.63, 3.8) is 0 Å². The van der Waals surface area contributed by atoms with Crippen LogP contribution in [0.1, 0.15) is 24.3 Å². The number of hydrogen-bond donors (Lipinski definition) is 1. The van der Waals surface area contributed by atoms with Crippen LogP contribution < -0.4 is 9.47 Å². The minimum Gasteiger partial charge on any atom is -0.464 e. The molecule has 9 heteroatoms. The number of aromatic nitrogens is 1. The second kappa shape index (κ2) is 7.06. The Hall–Kier alpha value is -2.99. The Labute approximate surface area is 140 Å². The summed E-state index contributed by atoms with van der Waals surface area (Å²) >= 11 is 0.754. The van der Waals surface area contributed by atoms with Crippen molar-refractivity contribution in [2.75, 3.05) is 7.11 Å². The van der Waals surface area contributed by atoms with Gasteiger partial charge in [-0.2, -0.15) is 5.26 Å². The number of methoxy groups -OCH3 is 1. The highest BCUT2D eigenvalue weighted by Gasteiger charge is 2.22. The van der Waals surface area contributed by atoms with Gasteiger partial charge in [0.2, 0.25) is 0 Å². The molecule has 1 N–H and O–H groups in total. The Morgan fingerprint density at radius 1 is 1.12 bits per heavy atom. The third kappa shape index (κ3) is 3.49. The van der Waals surface area contributed by atoms with Gasteiger partial charge in [0.15, 0.2) is 11.5 Å². The van der Waals surface area contributed by atoms with E-state index in [0.717, 1.165) is 11.8 Å². The highest BCUT2D eigenvalue weighted by Crippen LogP contribution is 2.39. The zero-order chi connectivity index (χ0) is 17.9. The van der Waals surface area contributed by atoms with E-state index in [4.69, 9.17) is 14.7 Å². The summed E-state index contributed by atoms with van der Waals surface area (Å²) in [6, 6.07) is 2.82. The molecule has 0 saturated carbocycles. The number of esters is 3. The van der Waals surface area contributed by atoms with Crippen molar-refractivity contribution in [2.45, 2.75) is 18.7 Å². The van der Waals surface area contributed by atoms with E-state index in [1.807, 2.05) is 5.40 Å². The molecule has 0 unspecified atom stereocenters. The van der Waals surface area contributed by atoms with E-state index in [0.29, 0.717) is 15.8 Å². The van der Waals surface area contributed by atoms with Crippen LogP contribution in [0.3, 0.4) is 0 Å². The molecule has 1 aromatic heterocycles. The second-order valence-corrected chi connectivity index (χ2v) is 5.34. The van der Waals surface area contributed by atoms with E-state index in [1.165, 1.54) is 33.1 Å². The maximum atomic E-state index is 11.9. The van der Waals surface area contributed by atoms with Gasteiger partial charge in [-0.15, -0.1) is 0 Å². The topological polar surface area (TPSA) is 118 Å². The van der Waals surface area contributed by atoms with Crippen LogP contribution in [-0.4, -0.2) is 30.0 Å². The maximum absolute atomic E-state index is 11.9. The summed E-state index contributed by atoms with van der Waals surface area (Å²) < 4.78 is 14.8. The Morgan fingerprint density at radius 3 is 2.21 bits per heavy atom. The van der Waals surface area contributed by atoms with E-state index in [2.05, 4.69) is 9.72 Å². The largest absolute Gasteiger partial charge is 0.464 e. The average molecular weight is 348 g/mol. The molecular formula is C15H12N2O6S. The molecule has 0 aliphatic carbocycles. The number of ether oxygens (including phenoxy) is 3. The van der Waals surface area contributed by atoms with Crippen molar-refractivity contribution in [3.05, 3.63) is 17.8 Å². The predicted molar refractivity (Wildman–Crippen MR) is 83.7 cm³/mol. The second-order valence-electron chi connectivity index (χ2n) is 4.55. The number of rotatable bonds is 4. The Morgan fingerprint density at radius 2 is 1.71 bits per heavy atom. The molecule has 0 fully saturated rings. The highest BCUT2D eigenvalue weighted by molar-refractivity contribution is 8.04. The van der Waals surface area contributed by atoms with Crippen LogP contribution in [0.5, 0.6) is 11.5 Å². The van der Waals surface area contributed by atoms with Gasteiger partial charge in [-0.05, 0) is 17.8 Å². The Balaban J connectivity index is 2.72. The zero-order valence-electron chi connectivity index (χ0n) is 13.0. The van der Waals surface area contributed by atoms with Crippen LogP contribution in [0, 0.1) is 10.7 Å². The van der Waals surface area contributed by atoms with Crippen LogP contribution in [0.15, 0.2) is 17.0 Å². The fourth-order valence-corrected chi connectivity index (χ4v) is 2.65. The SMILES string of the molecule is COC(=O)c1[nH]c2cc(OC(C)=O)c(OC(C)=O)cc2c1SC#N. The number of thiocyanates is 1. The first-order chi connectivity index (χ1) is 11.4. The zero-order valence-corrected chi connectivity index (χ0v) is 13.8. The van der Waals surface area contributed by atoms with E-state index in [1.54, 1.807) is 0 Å². The minimum absolute atomic E-state index is 0.000376. The molecule has 1 aromatic carbocycles. The molecule has 124 valence electrons. The number of fused-ring (bicyclic) bond motifs is 1. The molecule has 0 radical (unpaired) electrons. The molecule has 0 aliphatic rings. The lowest BCUT2D eigenvalue weighted by molar-refractivity contribution is -0.134. The summed E-state index contributed by atoms with van der Waals surface area (Å²) in [7, 11) is 1.21. The number of nitrogens with one attached hydrogen (secondary N) is 1. The van der Waals surface area contributed by atoms with Crippen molar-refractivity contribution >= 4 is 40.6 Å². The van der Waals surface area contributed by atoms with Crippen molar-refractivity contribution in [1.82, 2.24) is 4.98 Å². The number of H-pyrrole nitrogens is 1. The molecule has 0 saturated heterocycles. The number of aromatic amines is 1. The number of nitriles is 1. The third-order valence-electron chi connectivity index (χ3n) is 2.86. The van der Waals surface area contributed by atoms with Gasteiger partial charge in [-0.3, -0.25) is 9.59 Å². The Bertz CT molecular complexity index is 880. The normalized spacial score (nSPS) is 10.1. The van der Waals surface area contributed by atoms with Crippen LogP contribution in [0.25, 0.3) is 10.9 Å². The molecule has 24 heavy (non-hydrogen) atoms. The number of hydrogen-bond acceptors (Lipinski definition) is 8. The Kier molecular flexibility index (Phi) is 5.11. The van der Waals surface area contributed by atoms with Crippen LogP contribution in [0.2, 0.25) is 0 Å². The fraction of sp³-hybridized carbons (Fsp3) is 0.200. The number of nitrogens with zero attached hydrogens (tertiary/aromatic N) is 1. The molecule has 0 bridgehead atoms. The van der Waals surface area contributed by atoms with Gasteiger partial charge in [0, 0.05) is 25.3 Å². The summed E-state index contributed by atoms with van der Waals surface area (Å²) in [5.41, 5.74) is 0.494. The summed E-state index contributed by atoms with van der Waals surface area (Å²) in [6.07, 6.45) is 0. The van der Waals surface area contributed by atoms with Crippen molar-refractivity contribution in [2.24, 2.45) is 0 Å². The molecule has 0 atom stereocenters. The smallest absolute Gasteiger partial charge is 0.355 e. The number of thioether (sulfide) groups is 1. The molecule has 0 aliphatic heterocycles. The number of carbonyl (C=O) groups excluding carboxylic acids is 3. The molecule has 2 aromatic rings. The highest BCUT2D eigenvalue weighted by atomic mass is 32.2. The number of carbonyl (C=O) groups is 3. The van der Waals surface area contributed by atoms with E-state index in [-0.39, 0.29) is 17.2 Å². The average Bonchev–Trinajstić information content (AvgIpc) is 2.84. The van der Waals surface area contributed by atoms with Crippen molar-refractivity contribution in [1.29, 1.82) is 5.26 Å². The first-order valence-electron chi connectivity index (χ1n) is 6.58. The van der Waals surface area contributed by atoms with Gasteiger partial charge in [-0.25, -0.2) is 4.79 Å². The van der Waals surface area contributed by atoms with Gasteiger partial charge in [0.05, 0.1) is 17.5 Å². The van der Waals surface area contributed by atoms with Crippen molar-refractivity contribution < 1.29 is 28.6 Å². The quantitative estimate of drug-likeness (QED) is 0.387. The van der Waals surface area contributed by atoms with Gasteiger partial charge in [0.1, 0.15) is 11.1 Å². The molecule has 1 heterocycles. The molecule has 2 rings (SSSR count). The lowest BCUT2D eigenvalue weighted by Crippen LogP contribution is -2.07. The summed E-state index contributed by atoms with van der Waals surface area (Å²) in [5.74, 6) is -1.86. The van der Waals surface area contributed by atoms with Gasteiger partial charge >= 0.3 is 17.9 Å². The van der Waals surface area contributed by atoms with E-state index >= 15 is 0 Å². The van der Waals surface area contributed by atoms with Gasteiger partial charge in [0.25, 0.3) is 0 Å². The summed E-state index contributed by atoms with van der Waals surface area (Å²) in [6.45, 7) is 2.40. The van der Waals surface area contributed by atoms with Crippen LogP contribution in [-0.2, 0) is 14.3 Å². The fourth-order valence-electron chi connectivity index (χ4n) is 2.04. The lowest BCUT2D eigenvalue weighted by Gasteiger charge is -2.08. The standard InChI is InChI=1S/C15H12N2O6S/c1-7(18)22-11-4-9-10(5-12(11)23-8(2)19)17-13(15(20)21-3)14(9)24-6-16/h4-5,17H,1-3H3.